The van der Waals surface area contributed by atoms with Crippen molar-refractivity contribution >= 4 is 6.03 Å². The molecule has 0 saturated heterocycles. The van der Waals surface area contributed by atoms with E-state index in [1.54, 1.807) is 6.20 Å². The van der Waals surface area contributed by atoms with E-state index in [0.29, 0.717) is 6.54 Å². The minimum Gasteiger partial charge on any atom is -0.338 e. The fourth-order valence-corrected chi connectivity index (χ4v) is 1.86. The monoisotopic (exact) mass is 255 g/mol. The molecule has 0 aliphatic rings. The van der Waals surface area contributed by atoms with Gasteiger partial charge in [-0.25, -0.2) is 4.79 Å². The average molecular weight is 255 g/mol. The lowest BCUT2D eigenvalue weighted by atomic mass is 10.0. The van der Waals surface area contributed by atoms with Crippen molar-refractivity contribution in [2.45, 2.75) is 13.0 Å². The molecule has 0 spiro atoms. The van der Waals surface area contributed by atoms with E-state index in [1.807, 2.05) is 55.5 Å². The fraction of sp³-hybridized carbons (Fsp3) is 0.200. The Kier molecular flexibility index (Phi) is 4.50. The third-order valence-electron chi connectivity index (χ3n) is 2.73. The Morgan fingerprint density at radius 1 is 1.16 bits per heavy atom. The summed E-state index contributed by atoms with van der Waals surface area (Å²) in [4.78, 5) is 16.1. The van der Waals surface area contributed by atoms with Gasteiger partial charge in [0.2, 0.25) is 0 Å². The van der Waals surface area contributed by atoms with Gasteiger partial charge in [-0.3, -0.25) is 4.98 Å². The molecule has 1 heterocycles. The number of carbonyl (C=O) groups excluding carboxylic acids is 1. The molecule has 1 atom stereocenters. The van der Waals surface area contributed by atoms with E-state index in [4.69, 9.17) is 0 Å². The molecule has 0 radical (unpaired) electrons. The molecule has 0 unspecified atom stereocenters. The summed E-state index contributed by atoms with van der Waals surface area (Å²) in [5.74, 6) is 0. The van der Waals surface area contributed by atoms with Crippen molar-refractivity contribution in [2.75, 3.05) is 6.54 Å². The molecular weight excluding hydrogens is 238 g/mol. The molecule has 4 heteroatoms. The standard InChI is InChI=1S/C15H17N3O/c1-2-16-15(19)18-14(12-8-4-3-5-9-12)13-10-6-7-11-17-13/h3-11,14H,2H2,1H3,(H2,16,18,19)/t14-/m1/s1. The highest BCUT2D eigenvalue weighted by Crippen LogP contribution is 2.19. The van der Waals surface area contributed by atoms with E-state index in [-0.39, 0.29) is 12.1 Å². The number of pyridine rings is 1. The molecule has 1 aromatic heterocycles. The van der Waals surface area contributed by atoms with Crippen molar-refractivity contribution in [1.82, 2.24) is 15.6 Å². The molecule has 0 bridgehead atoms. The Labute approximate surface area is 112 Å². The van der Waals surface area contributed by atoms with Gasteiger partial charge in [0, 0.05) is 12.7 Å². The Morgan fingerprint density at radius 2 is 1.89 bits per heavy atom. The highest BCUT2D eigenvalue weighted by atomic mass is 16.2. The second kappa shape index (κ2) is 6.54. The van der Waals surface area contributed by atoms with Crippen LogP contribution in [-0.2, 0) is 0 Å². The lowest BCUT2D eigenvalue weighted by Crippen LogP contribution is -2.38. The molecule has 4 nitrogen and oxygen atoms in total. The summed E-state index contributed by atoms with van der Waals surface area (Å²) in [5, 5.41) is 5.68. The lowest BCUT2D eigenvalue weighted by Gasteiger charge is -2.18. The molecule has 0 aliphatic heterocycles. The van der Waals surface area contributed by atoms with Crippen LogP contribution in [0.3, 0.4) is 0 Å². The molecule has 0 fully saturated rings. The lowest BCUT2D eigenvalue weighted by molar-refractivity contribution is 0.239. The molecular formula is C15H17N3O. The van der Waals surface area contributed by atoms with Gasteiger partial charge in [-0.05, 0) is 24.6 Å². The smallest absolute Gasteiger partial charge is 0.315 e. The molecule has 1 aromatic carbocycles. The van der Waals surface area contributed by atoms with E-state index in [9.17, 15) is 4.79 Å². The number of aromatic nitrogens is 1. The van der Waals surface area contributed by atoms with Gasteiger partial charge in [-0.1, -0.05) is 36.4 Å². The van der Waals surface area contributed by atoms with Crippen LogP contribution in [0, 0.1) is 0 Å². The predicted molar refractivity (Wildman–Crippen MR) is 74.7 cm³/mol. The van der Waals surface area contributed by atoms with Crippen molar-refractivity contribution < 1.29 is 4.79 Å². The summed E-state index contributed by atoms with van der Waals surface area (Å²) < 4.78 is 0. The van der Waals surface area contributed by atoms with Crippen molar-refractivity contribution in [2.24, 2.45) is 0 Å². The molecule has 98 valence electrons. The SMILES string of the molecule is CCNC(=O)N[C@H](c1ccccc1)c1ccccn1. The number of urea groups is 1. The van der Waals surface area contributed by atoms with Crippen LogP contribution in [0.2, 0.25) is 0 Å². The third-order valence-corrected chi connectivity index (χ3v) is 2.73. The summed E-state index contributed by atoms with van der Waals surface area (Å²) in [6.07, 6.45) is 1.73. The first-order valence-corrected chi connectivity index (χ1v) is 6.31. The van der Waals surface area contributed by atoms with Crippen LogP contribution in [0.5, 0.6) is 0 Å². The molecule has 0 aliphatic carbocycles. The van der Waals surface area contributed by atoms with Crippen LogP contribution in [0.25, 0.3) is 0 Å². The van der Waals surface area contributed by atoms with Crippen LogP contribution in [0.1, 0.15) is 24.2 Å². The summed E-state index contributed by atoms with van der Waals surface area (Å²) in [5.41, 5.74) is 1.83. The maximum Gasteiger partial charge on any atom is 0.315 e. The topological polar surface area (TPSA) is 54.0 Å². The van der Waals surface area contributed by atoms with Gasteiger partial charge in [0.1, 0.15) is 0 Å². The largest absolute Gasteiger partial charge is 0.338 e. The van der Waals surface area contributed by atoms with Gasteiger partial charge >= 0.3 is 6.03 Å². The zero-order valence-corrected chi connectivity index (χ0v) is 10.8. The zero-order chi connectivity index (χ0) is 13.5. The number of amides is 2. The molecule has 2 aromatic rings. The first-order valence-electron chi connectivity index (χ1n) is 6.31. The summed E-state index contributed by atoms with van der Waals surface area (Å²) in [6, 6.07) is 15.0. The maximum absolute atomic E-state index is 11.8. The van der Waals surface area contributed by atoms with Crippen molar-refractivity contribution in [3.8, 4) is 0 Å². The van der Waals surface area contributed by atoms with E-state index >= 15 is 0 Å². The minimum absolute atomic E-state index is 0.193. The highest BCUT2D eigenvalue weighted by Gasteiger charge is 2.16. The fourth-order valence-electron chi connectivity index (χ4n) is 1.86. The first kappa shape index (κ1) is 13.1. The van der Waals surface area contributed by atoms with E-state index in [2.05, 4.69) is 15.6 Å². The van der Waals surface area contributed by atoms with E-state index in [0.717, 1.165) is 11.3 Å². The highest BCUT2D eigenvalue weighted by molar-refractivity contribution is 5.74. The van der Waals surface area contributed by atoms with E-state index < -0.39 is 0 Å². The summed E-state index contributed by atoms with van der Waals surface area (Å²) in [7, 11) is 0. The number of rotatable bonds is 4. The molecule has 2 N–H and O–H groups in total. The number of carbonyl (C=O) groups is 1. The Morgan fingerprint density at radius 3 is 2.53 bits per heavy atom. The van der Waals surface area contributed by atoms with Gasteiger partial charge in [-0.15, -0.1) is 0 Å². The predicted octanol–water partition coefficient (Wildman–Crippen LogP) is 2.49. The number of nitrogens with zero attached hydrogens (tertiary/aromatic N) is 1. The number of hydrogen-bond acceptors (Lipinski definition) is 2. The summed E-state index contributed by atoms with van der Waals surface area (Å²) in [6.45, 7) is 2.48. The zero-order valence-electron chi connectivity index (χ0n) is 10.8. The Hall–Kier alpha value is -2.36. The van der Waals surface area contributed by atoms with Gasteiger partial charge in [0.25, 0.3) is 0 Å². The number of benzene rings is 1. The molecule has 2 rings (SSSR count). The van der Waals surface area contributed by atoms with Crippen molar-refractivity contribution in [3.63, 3.8) is 0 Å². The van der Waals surface area contributed by atoms with Gasteiger partial charge in [0.05, 0.1) is 11.7 Å². The van der Waals surface area contributed by atoms with Gasteiger partial charge < -0.3 is 10.6 Å². The van der Waals surface area contributed by atoms with Crippen LogP contribution in [0.15, 0.2) is 54.7 Å². The maximum atomic E-state index is 11.8. The Bertz CT molecular complexity index is 474. The average Bonchev–Trinajstić information content (AvgIpc) is 2.47. The second-order valence-electron chi connectivity index (χ2n) is 4.10. The van der Waals surface area contributed by atoms with Crippen LogP contribution < -0.4 is 10.6 Å². The molecule has 2 amide bonds. The van der Waals surface area contributed by atoms with Gasteiger partial charge in [0.15, 0.2) is 0 Å². The number of hydrogen-bond donors (Lipinski definition) is 2. The van der Waals surface area contributed by atoms with E-state index in [1.165, 1.54) is 0 Å². The first-order chi connectivity index (χ1) is 9.31. The second-order valence-corrected chi connectivity index (χ2v) is 4.10. The normalized spacial score (nSPS) is 11.6. The Balaban J connectivity index is 2.26. The third kappa shape index (κ3) is 3.55. The van der Waals surface area contributed by atoms with Crippen LogP contribution >= 0.6 is 0 Å². The minimum atomic E-state index is -0.242. The molecule has 19 heavy (non-hydrogen) atoms. The van der Waals surface area contributed by atoms with Gasteiger partial charge in [-0.2, -0.15) is 0 Å². The van der Waals surface area contributed by atoms with Crippen molar-refractivity contribution in [3.05, 3.63) is 66.0 Å². The van der Waals surface area contributed by atoms with Crippen LogP contribution in [0.4, 0.5) is 4.79 Å². The molecule has 0 saturated carbocycles. The van der Waals surface area contributed by atoms with Crippen molar-refractivity contribution in [1.29, 1.82) is 0 Å². The van der Waals surface area contributed by atoms with Crippen LogP contribution in [-0.4, -0.2) is 17.6 Å². The quantitative estimate of drug-likeness (QED) is 0.882. The summed E-state index contributed by atoms with van der Waals surface area (Å²) >= 11 is 0. The number of nitrogens with one attached hydrogen (secondary N) is 2.